The van der Waals surface area contributed by atoms with E-state index in [1.165, 1.54) is 19.2 Å². The molecule has 1 saturated heterocycles. The fourth-order valence-electron chi connectivity index (χ4n) is 3.86. The molecule has 1 fully saturated rings. The van der Waals surface area contributed by atoms with Gasteiger partial charge in [0, 0.05) is 26.1 Å². The number of hydrogen-bond acceptors (Lipinski definition) is 6. The SMILES string of the molecule is COc1ccc(C)cc1NS(=O)(=O)c1ccc2c(c1)sc(=O)n2CCC(=O)N1CCCC1. The first-order chi connectivity index (χ1) is 15.3. The lowest BCUT2D eigenvalue weighted by Gasteiger charge is -2.15. The van der Waals surface area contributed by atoms with E-state index in [9.17, 15) is 18.0 Å². The molecule has 1 aliphatic rings. The van der Waals surface area contributed by atoms with E-state index in [0.29, 0.717) is 21.7 Å². The standard InChI is InChI=1S/C22H25N3O5S2/c1-15-5-8-19(30-2)17(13-15)23-32(28,29)16-6-7-18-20(14-16)31-22(27)25(18)12-9-21(26)24-10-3-4-11-24/h5-8,13-14,23H,3-4,9-12H2,1-2H3. The second kappa shape index (κ2) is 8.95. The van der Waals surface area contributed by atoms with Gasteiger partial charge in [0.1, 0.15) is 5.75 Å². The average molecular weight is 476 g/mol. The molecule has 8 nitrogen and oxygen atoms in total. The number of thiazole rings is 1. The molecule has 1 N–H and O–H groups in total. The Morgan fingerprint density at radius 3 is 2.62 bits per heavy atom. The van der Waals surface area contributed by atoms with Crippen LogP contribution in [0.1, 0.15) is 24.8 Å². The van der Waals surface area contributed by atoms with Crippen LogP contribution >= 0.6 is 11.3 Å². The van der Waals surface area contributed by atoms with Crippen molar-refractivity contribution in [3.63, 3.8) is 0 Å². The summed E-state index contributed by atoms with van der Waals surface area (Å²) in [7, 11) is -2.41. The van der Waals surface area contributed by atoms with Crippen LogP contribution in [0, 0.1) is 6.92 Å². The van der Waals surface area contributed by atoms with E-state index in [1.54, 1.807) is 22.8 Å². The van der Waals surface area contributed by atoms with Crippen LogP contribution < -0.4 is 14.3 Å². The Morgan fingerprint density at radius 1 is 1.16 bits per heavy atom. The number of aromatic nitrogens is 1. The number of methoxy groups -OCH3 is 1. The van der Waals surface area contributed by atoms with Crippen molar-refractivity contribution in [1.82, 2.24) is 9.47 Å². The van der Waals surface area contributed by atoms with E-state index in [2.05, 4.69) is 4.72 Å². The molecule has 2 aromatic carbocycles. The molecule has 2 heterocycles. The van der Waals surface area contributed by atoms with Crippen LogP contribution in [0.3, 0.4) is 0 Å². The first-order valence-corrected chi connectivity index (χ1v) is 12.7. The molecule has 0 unspecified atom stereocenters. The van der Waals surface area contributed by atoms with E-state index >= 15 is 0 Å². The average Bonchev–Trinajstić information content (AvgIpc) is 3.39. The third-order valence-corrected chi connectivity index (χ3v) is 7.86. The molecule has 0 bridgehead atoms. The van der Waals surface area contributed by atoms with Crippen LogP contribution in [0.4, 0.5) is 5.69 Å². The van der Waals surface area contributed by atoms with Crippen LogP contribution in [0.2, 0.25) is 0 Å². The summed E-state index contributed by atoms with van der Waals surface area (Å²) in [5.74, 6) is 0.461. The molecule has 3 aromatic rings. The zero-order chi connectivity index (χ0) is 22.9. The predicted octanol–water partition coefficient (Wildman–Crippen LogP) is 3.19. The number of nitrogens with one attached hydrogen (secondary N) is 1. The van der Waals surface area contributed by atoms with E-state index in [4.69, 9.17) is 4.74 Å². The summed E-state index contributed by atoms with van der Waals surface area (Å²) in [5, 5.41) is 0. The maximum absolute atomic E-state index is 13.0. The summed E-state index contributed by atoms with van der Waals surface area (Å²) in [6.45, 7) is 3.69. The minimum absolute atomic E-state index is 0.0456. The van der Waals surface area contributed by atoms with E-state index in [-0.39, 0.29) is 28.6 Å². The predicted molar refractivity (Wildman–Crippen MR) is 125 cm³/mol. The summed E-state index contributed by atoms with van der Waals surface area (Å²) >= 11 is 0.975. The Labute approximate surface area is 190 Å². The monoisotopic (exact) mass is 475 g/mol. The van der Waals surface area contributed by atoms with Gasteiger partial charge in [-0.15, -0.1) is 0 Å². The number of sulfonamides is 1. The van der Waals surface area contributed by atoms with Crippen LogP contribution in [-0.4, -0.2) is 44.0 Å². The van der Waals surface area contributed by atoms with E-state index < -0.39 is 10.0 Å². The zero-order valence-electron chi connectivity index (χ0n) is 18.0. The highest BCUT2D eigenvalue weighted by Gasteiger charge is 2.21. The van der Waals surface area contributed by atoms with Gasteiger partial charge in [-0.25, -0.2) is 8.42 Å². The van der Waals surface area contributed by atoms with Crippen molar-refractivity contribution in [1.29, 1.82) is 0 Å². The maximum atomic E-state index is 13.0. The zero-order valence-corrected chi connectivity index (χ0v) is 19.6. The normalized spacial score (nSPS) is 14.1. The molecule has 10 heteroatoms. The number of rotatable bonds is 7. The third-order valence-electron chi connectivity index (χ3n) is 5.56. The molecular formula is C22H25N3O5S2. The molecule has 32 heavy (non-hydrogen) atoms. The van der Waals surface area contributed by atoms with Crippen molar-refractivity contribution in [2.24, 2.45) is 0 Å². The highest BCUT2D eigenvalue weighted by molar-refractivity contribution is 7.92. The van der Waals surface area contributed by atoms with Crippen LogP contribution in [-0.2, 0) is 21.4 Å². The molecule has 4 rings (SSSR count). The molecule has 1 amide bonds. The summed E-state index contributed by atoms with van der Waals surface area (Å²) in [6.07, 6.45) is 2.29. The number of likely N-dealkylation sites (tertiary alicyclic amines) is 1. The number of benzene rings is 2. The fourth-order valence-corrected chi connectivity index (χ4v) is 5.98. The summed E-state index contributed by atoms with van der Waals surface area (Å²) in [6, 6.07) is 9.81. The Kier molecular flexibility index (Phi) is 6.25. The molecule has 0 spiro atoms. The second-order valence-electron chi connectivity index (χ2n) is 7.80. The second-order valence-corrected chi connectivity index (χ2v) is 10.5. The van der Waals surface area contributed by atoms with Gasteiger partial charge in [-0.2, -0.15) is 0 Å². The number of amides is 1. The Morgan fingerprint density at radius 2 is 1.91 bits per heavy atom. The van der Waals surface area contributed by atoms with Crippen LogP contribution in [0.5, 0.6) is 5.75 Å². The molecular weight excluding hydrogens is 450 g/mol. The highest BCUT2D eigenvalue weighted by atomic mass is 32.2. The molecule has 1 aromatic heterocycles. The number of carbonyl (C=O) groups excluding carboxylic acids is 1. The van der Waals surface area contributed by atoms with Gasteiger partial charge >= 0.3 is 4.87 Å². The lowest BCUT2D eigenvalue weighted by molar-refractivity contribution is -0.130. The number of ether oxygens (including phenoxy) is 1. The largest absolute Gasteiger partial charge is 0.495 e. The quantitative estimate of drug-likeness (QED) is 0.566. The van der Waals surface area contributed by atoms with Crippen LogP contribution in [0.25, 0.3) is 10.2 Å². The molecule has 0 atom stereocenters. The van der Waals surface area contributed by atoms with Crippen molar-refractivity contribution >= 4 is 43.2 Å². The molecule has 0 saturated carbocycles. The summed E-state index contributed by atoms with van der Waals surface area (Å²) in [5.41, 5.74) is 1.86. The van der Waals surface area contributed by atoms with Crippen molar-refractivity contribution < 1.29 is 17.9 Å². The molecule has 0 radical (unpaired) electrons. The van der Waals surface area contributed by atoms with Crippen molar-refractivity contribution in [3.05, 3.63) is 51.6 Å². The summed E-state index contributed by atoms with van der Waals surface area (Å²) < 4.78 is 35.9. The van der Waals surface area contributed by atoms with Crippen LogP contribution in [0.15, 0.2) is 46.1 Å². The smallest absolute Gasteiger partial charge is 0.308 e. The van der Waals surface area contributed by atoms with Gasteiger partial charge in [0.25, 0.3) is 10.0 Å². The van der Waals surface area contributed by atoms with Crippen molar-refractivity contribution in [2.45, 2.75) is 37.6 Å². The minimum atomic E-state index is -3.89. The fraction of sp³-hybridized carbons (Fsp3) is 0.364. The minimum Gasteiger partial charge on any atom is -0.495 e. The van der Waals surface area contributed by atoms with E-state index in [1.807, 2.05) is 17.9 Å². The Balaban J connectivity index is 1.58. The topological polar surface area (TPSA) is 97.7 Å². The lowest BCUT2D eigenvalue weighted by Crippen LogP contribution is -2.29. The van der Waals surface area contributed by atoms with Gasteiger partial charge in [-0.1, -0.05) is 17.4 Å². The molecule has 1 aliphatic heterocycles. The molecule has 170 valence electrons. The van der Waals surface area contributed by atoms with Gasteiger partial charge in [0.05, 0.1) is 27.9 Å². The highest BCUT2D eigenvalue weighted by Crippen LogP contribution is 2.29. The summed E-state index contributed by atoms with van der Waals surface area (Å²) in [4.78, 5) is 26.5. The van der Waals surface area contributed by atoms with Crippen molar-refractivity contribution in [2.75, 3.05) is 24.9 Å². The Hall–Kier alpha value is -2.85. The van der Waals surface area contributed by atoms with E-state index in [0.717, 1.165) is 42.8 Å². The van der Waals surface area contributed by atoms with Gasteiger partial charge in [0.15, 0.2) is 0 Å². The number of hydrogen-bond donors (Lipinski definition) is 1. The lowest BCUT2D eigenvalue weighted by atomic mass is 10.2. The first-order valence-electron chi connectivity index (χ1n) is 10.4. The van der Waals surface area contributed by atoms with Gasteiger partial charge in [-0.05, 0) is 55.7 Å². The van der Waals surface area contributed by atoms with Crippen molar-refractivity contribution in [3.8, 4) is 5.75 Å². The van der Waals surface area contributed by atoms with Gasteiger partial charge < -0.3 is 9.64 Å². The number of fused-ring (bicyclic) bond motifs is 1. The van der Waals surface area contributed by atoms with Gasteiger partial charge in [-0.3, -0.25) is 18.9 Å². The number of anilines is 1. The number of carbonyl (C=O) groups is 1. The first kappa shape index (κ1) is 22.3. The third kappa shape index (κ3) is 4.51. The Bertz CT molecular complexity index is 1320. The number of nitrogens with zero attached hydrogens (tertiary/aromatic N) is 2. The number of aryl methyl sites for hydroxylation is 2. The molecule has 0 aliphatic carbocycles. The van der Waals surface area contributed by atoms with Gasteiger partial charge in [0.2, 0.25) is 5.91 Å². The maximum Gasteiger partial charge on any atom is 0.308 e.